The van der Waals surface area contributed by atoms with E-state index in [4.69, 9.17) is 17.3 Å². The molecule has 0 radical (unpaired) electrons. The number of nitrogens with zero attached hydrogens (tertiary/aromatic N) is 1. The van der Waals surface area contributed by atoms with Crippen molar-refractivity contribution in [3.8, 4) is 0 Å². The van der Waals surface area contributed by atoms with Gasteiger partial charge in [0, 0.05) is 13.0 Å². The van der Waals surface area contributed by atoms with Crippen molar-refractivity contribution in [2.24, 2.45) is 5.92 Å². The lowest BCUT2D eigenvalue weighted by Gasteiger charge is -2.19. The number of rotatable bonds is 7. The van der Waals surface area contributed by atoms with Crippen LogP contribution < -0.4 is 5.32 Å². The highest BCUT2D eigenvalue weighted by Gasteiger charge is 2.32. The molecule has 1 atom stereocenters. The minimum Gasteiger partial charge on any atom is -0.480 e. The molecule has 2 N–H and O–H groups in total. The van der Waals surface area contributed by atoms with E-state index < -0.39 is 17.9 Å². The molecule has 8 heteroatoms. The van der Waals surface area contributed by atoms with Crippen molar-refractivity contribution < 1.29 is 19.5 Å². The van der Waals surface area contributed by atoms with Gasteiger partial charge in [-0.2, -0.15) is 0 Å². The zero-order valence-corrected chi connectivity index (χ0v) is 16.1. The quantitative estimate of drug-likeness (QED) is 0.548. The molecule has 1 aliphatic rings. The Kier molecular flexibility index (Phi) is 6.93. The number of amides is 2. The maximum atomic E-state index is 12.5. The predicted molar refractivity (Wildman–Crippen MR) is 105 cm³/mol. The molecule has 0 aromatic heterocycles. The molecule has 138 valence electrons. The van der Waals surface area contributed by atoms with E-state index in [-0.39, 0.29) is 24.8 Å². The fraction of sp³-hybridized carbons (Fsp3) is 0.333. The largest absolute Gasteiger partial charge is 0.480 e. The summed E-state index contributed by atoms with van der Waals surface area (Å²) in [6.45, 7) is 3.55. The summed E-state index contributed by atoms with van der Waals surface area (Å²) in [7, 11) is 0. The summed E-state index contributed by atoms with van der Waals surface area (Å²) in [5.74, 6) is -1.98. The summed E-state index contributed by atoms with van der Waals surface area (Å²) in [4.78, 5) is 37.6. The fourth-order valence-electron chi connectivity index (χ4n) is 2.37. The zero-order chi connectivity index (χ0) is 19.3. The van der Waals surface area contributed by atoms with Crippen LogP contribution in [0.15, 0.2) is 35.2 Å². The van der Waals surface area contributed by atoms with Crippen molar-refractivity contribution in [3.63, 3.8) is 0 Å². The van der Waals surface area contributed by atoms with Gasteiger partial charge in [-0.3, -0.25) is 14.5 Å². The second-order valence-corrected chi connectivity index (χ2v) is 7.80. The van der Waals surface area contributed by atoms with Crippen LogP contribution in [0.1, 0.15) is 25.8 Å². The second kappa shape index (κ2) is 8.95. The van der Waals surface area contributed by atoms with Crippen LogP contribution in [0, 0.1) is 5.92 Å². The van der Waals surface area contributed by atoms with Gasteiger partial charge in [0.25, 0.3) is 5.91 Å². The number of thioether (sulfide) groups is 1. The van der Waals surface area contributed by atoms with Gasteiger partial charge in [0.15, 0.2) is 0 Å². The van der Waals surface area contributed by atoms with Crippen molar-refractivity contribution in [2.75, 3.05) is 6.54 Å². The van der Waals surface area contributed by atoms with Crippen LogP contribution in [-0.4, -0.2) is 44.7 Å². The van der Waals surface area contributed by atoms with Crippen LogP contribution in [0.3, 0.4) is 0 Å². The second-order valence-electron chi connectivity index (χ2n) is 6.12. The highest BCUT2D eigenvalue weighted by Crippen LogP contribution is 2.32. The highest BCUT2D eigenvalue weighted by atomic mass is 32.2. The maximum absolute atomic E-state index is 12.5. The molecule has 1 aromatic carbocycles. The summed E-state index contributed by atoms with van der Waals surface area (Å²) in [6, 6.07) is 8.47. The molecule has 0 saturated carbocycles. The molecular weight excluding hydrogens is 372 g/mol. The van der Waals surface area contributed by atoms with Crippen molar-refractivity contribution in [1.29, 1.82) is 0 Å². The molecule has 0 bridgehead atoms. The fourth-order valence-corrected chi connectivity index (χ4v) is 3.67. The predicted octanol–water partition coefficient (Wildman–Crippen LogP) is 2.50. The number of hydrogen-bond acceptors (Lipinski definition) is 5. The average Bonchev–Trinajstić information content (AvgIpc) is 2.84. The number of benzene rings is 1. The number of hydrogen-bond donors (Lipinski definition) is 2. The van der Waals surface area contributed by atoms with Gasteiger partial charge in [-0.25, -0.2) is 4.79 Å². The third-order valence-electron chi connectivity index (χ3n) is 3.78. The number of carbonyl (C=O) groups is 3. The van der Waals surface area contributed by atoms with Gasteiger partial charge in [0.2, 0.25) is 5.91 Å². The lowest BCUT2D eigenvalue weighted by atomic mass is 10.0. The molecule has 26 heavy (non-hydrogen) atoms. The Hall–Kier alpha value is -2.19. The molecule has 1 unspecified atom stereocenters. The summed E-state index contributed by atoms with van der Waals surface area (Å²) >= 11 is 6.43. The minimum absolute atomic E-state index is 0.0123. The average molecular weight is 393 g/mol. The normalized spacial score (nSPS) is 17.0. The lowest BCUT2D eigenvalue weighted by Crippen LogP contribution is -2.45. The van der Waals surface area contributed by atoms with Gasteiger partial charge in [0.05, 0.1) is 4.91 Å². The van der Waals surface area contributed by atoms with E-state index in [1.54, 1.807) is 19.9 Å². The Balaban J connectivity index is 1.96. The van der Waals surface area contributed by atoms with Crippen LogP contribution in [-0.2, 0) is 14.4 Å². The van der Waals surface area contributed by atoms with E-state index in [9.17, 15) is 14.4 Å². The number of carboxylic acids is 1. The third-order valence-corrected chi connectivity index (χ3v) is 5.16. The number of carboxylic acid groups (broad SMARTS) is 1. The van der Waals surface area contributed by atoms with Crippen LogP contribution >= 0.6 is 24.0 Å². The Morgan fingerprint density at radius 1 is 1.31 bits per heavy atom. The van der Waals surface area contributed by atoms with E-state index in [1.807, 2.05) is 30.3 Å². The maximum Gasteiger partial charge on any atom is 0.326 e. The Labute approximate surface area is 161 Å². The topological polar surface area (TPSA) is 86.7 Å². The van der Waals surface area contributed by atoms with Crippen molar-refractivity contribution >= 4 is 52.2 Å². The molecule has 2 amide bonds. The Morgan fingerprint density at radius 3 is 2.54 bits per heavy atom. The number of carbonyl (C=O) groups excluding carboxylic acids is 2. The van der Waals surface area contributed by atoms with Gasteiger partial charge in [0.1, 0.15) is 10.4 Å². The van der Waals surface area contributed by atoms with Crippen molar-refractivity contribution in [2.45, 2.75) is 26.3 Å². The van der Waals surface area contributed by atoms with Crippen LogP contribution in [0.25, 0.3) is 6.08 Å². The van der Waals surface area contributed by atoms with E-state index in [2.05, 4.69) is 5.32 Å². The first-order chi connectivity index (χ1) is 12.3. The molecule has 1 aromatic rings. The molecule has 1 aliphatic heterocycles. The molecule has 1 heterocycles. The summed E-state index contributed by atoms with van der Waals surface area (Å²) < 4.78 is 0.392. The Bertz CT molecular complexity index is 747. The van der Waals surface area contributed by atoms with E-state index in [0.29, 0.717) is 9.23 Å². The zero-order valence-electron chi connectivity index (χ0n) is 14.5. The van der Waals surface area contributed by atoms with Crippen LogP contribution in [0.5, 0.6) is 0 Å². The molecule has 1 saturated heterocycles. The van der Waals surface area contributed by atoms with E-state index in [1.165, 1.54) is 16.7 Å². The SMILES string of the molecule is CC(C)C(NC(=O)CCN1C(=O)/C(=C/c2ccccc2)SC1=S)C(=O)O. The third kappa shape index (κ3) is 5.15. The first-order valence-electron chi connectivity index (χ1n) is 8.12. The van der Waals surface area contributed by atoms with Gasteiger partial charge in [-0.05, 0) is 17.6 Å². The summed E-state index contributed by atoms with van der Waals surface area (Å²) in [5.41, 5.74) is 0.895. The van der Waals surface area contributed by atoms with E-state index in [0.717, 1.165) is 5.56 Å². The number of nitrogens with one attached hydrogen (secondary N) is 1. The number of aliphatic carboxylic acids is 1. The summed E-state index contributed by atoms with van der Waals surface area (Å²) in [5, 5.41) is 11.6. The summed E-state index contributed by atoms with van der Waals surface area (Å²) in [6.07, 6.45) is 1.75. The Morgan fingerprint density at radius 2 is 1.96 bits per heavy atom. The van der Waals surface area contributed by atoms with Gasteiger partial charge >= 0.3 is 5.97 Å². The molecular formula is C18H20N2O4S2. The first kappa shape index (κ1) is 20.1. The highest BCUT2D eigenvalue weighted by molar-refractivity contribution is 8.26. The number of thiocarbonyl (C=S) groups is 1. The van der Waals surface area contributed by atoms with Crippen molar-refractivity contribution in [1.82, 2.24) is 10.2 Å². The van der Waals surface area contributed by atoms with Gasteiger partial charge < -0.3 is 10.4 Å². The molecule has 2 rings (SSSR count). The molecule has 6 nitrogen and oxygen atoms in total. The van der Waals surface area contributed by atoms with E-state index >= 15 is 0 Å². The molecule has 0 aliphatic carbocycles. The smallest absolute Gasteiger partial charge is 0.326 e. The van der Waals surface area contributed by atoms with Crippen LogP contribution in [0.2, 0.25) is 0 Å². The minimum atomic E-state index is -1.08. The van der Waals surface area contributed by atoms with Crippen molar-refractivity contribution in [3.05, 3.63) is 40.8 Å². The van der Waals surface area contributed by atoms with Gasteiger partial charge in [-0.1, -0.05) is 68.2 Å². The monoisotopic (exact) mass is 392 g/mol. The molecule has 1 fully saturated rings. The van der Waals surface area contributed by atoms with Crippen LogP contribution in [0.4, 0.5) is 0 Å². The first-order valence-corrected chi connectivity index (χ1v) is 9.34. The lowest BCUT2D eigenvalue weighted by molar-refractivity contribution is -0.143. The van der Waals surface area contributed by atoms with Gasteiger partial charge in [-0.15, -0.1) is 0 Å². The molecule has 0 spiro atoms. The standard InChI is InChI=1S/C18H20N2O4S2/c1-11(2)15(17(23)24)19-14(21)8-9-20-16(22)13(26-18(20)25)10-12-6-4-3-5-7-12/h3-7,10-11,15H,8-9H2,1-2H3,(H,19,21)(H,23,24)/b13-10-.